The number of carbonyl (C=O) groups is 1. The van der Waals surface area contributed by atoms with E-state index in [9.17, 15) is 9.90 Å². The Balaban J connectivity index is 2.63. The normalized spacial score (nSPS) is 11.9. The fourth-order valence-electron chi connectivity index (χ4n) is 1.35. The molecule has 1 aromatic carbocycles. The molecule has 0 bridgehead atoms. The fourth-order valence-corrected chi connectivity index (χ4v) is 1.35. The van der Waals surface area contributed by atoms with Crippen LogP contribution in [0.4, 0.5) is 0 Å². The van der Waals surface area contributed by atoms with E-state index in [1.165, 1.54) is 0 Å². The largest absolute Gasteiger partial charge is 0.483 e. The first kappa shape index (κ1) is 12.5. The second-order valence-corrected chi connectivity index (χ2v) is 3.46. The summed E-state index contributed by atoms with van der Waals surface area (Å²) < 4.78 is 5.34. The third-order valence-electron chi connectivity index (χ3n) is 2.10. The van der Waals surface area contributed by atoms with Crippen molar-refractivity contribution in [1.82, 2.24) is 5.32 Å². The topological polar surface area (TPSA) is 58.6 Å². The summed E-state index contributed by atoms with van der Waals surface area (Å²) in [5.74, 6) is 0.381. The van der Waals surface area contributed by atoms with E-state index < -0.39 is 6.10 Å². The van der Waals surface area contributed by atoms with Gasteiger partial charge in [0.05, 0.1) is 6.10 Å². The standard InChI is InChI=1S/C12H17NO3/c1-3-13-12(15)8-16-11-7-5-4-6-10(11)9(2)14/h4-7,9,14H,3,8H2,1-2H3,(H,13,15)/t9-/m1/s1. The third-order valence-corrected chi connectivity index (χ3v) is 2.10. The number of amides is 1. The summed E-state index contributed by atoms with van der Waals surface area (Å²) in [6.45, 7) is 4.06. The van der Waals surface area contributed by atoms with Crippen molar-refractivity contribution >= 4 is 5.91 Å². The molecule has 16 heavy (non-hydrogen) atoms. The van der Waals surface area contributed by atoms with E-state index >= 15 is 0 Å². The molecule has 0 radical (unpaired) electrons. The Morgan fingerprint density at radius 3 is 2.81 bits per heavy atom. The number of benzene rings is 1. The molecule has 1 amide bonds. The molecule has 1 atom stereocenters. The van der Waals surface area contributed by atoms with Gasteiger partial charge in [0, 0.05) is 12.1 Å². The Morgan fingerprint density at radius 2 is 2.19 bits per heavy atom. The van der Waals surface area contributed by atoms with E-state index in [-0.39, 0.29) is 12.5 Å². The molecule has 0 aliphatic carbocycles. The van der Waals surface area contributed by atoms with Crippen LogP contribution in [0.3, 0.4) is 0 Å². The van der Waals surface area contributed by atoms with Crippen molar-refractivity contribution in [3.05, 3.63) is 29.8 Å². The minimum atomic E-state index is -0.606. The van der Waals surface area contributed by atoms with Gasteiger partial charge >= 0.3 is 0 Å². The predicted molar refractivity (Wildman–Crippen MR) is 61.3 cm³/mol. The average Bonchev–Trinajstić information content (AvgIpc) is 2.27. The third kappa shape index (κ3) is 3.55. The molecule has 0 fully saturated rings. The molecule has 88 valence electrons. The van der Waals surface area contributed by atoms with E-state index in [0.717, 1.165) is 0 Å². The van der Waals surface area contributed by atoms with Crippen LogP contribution < -0.4 is 10.1 Å². The van der Waals surface area contributed by atoms with Gasteiger partial charge < -0.3 is 15.2 Å². The van der Waals surface area contributed by atoms with Crippen LogP contribution in [0.1, 0.15) is 25.5 Å². The van der Waals surface area contributed by atoms with Crippen LogP contribution in [-0.4, -0.2) is 24.2 Å². The first-order valence-electron chi connectivity index (χ1n) is 5.31. The molecule has 0 unspecified atom stereocenters. The lowest BCUT2D eigenvalue weighted by molar-refractivity contribution is -0.123. The Bertz CT molecular complexity index is 350. The number of hydrogen-bond acceptors (Lipinski definition) is 3. The number of aliphatic hydroxyl groups is 1. The van der Waals surface area contributed by atoms with Crippen LogP contribution in [0.25, 0.3) is 0 Å². The van der Waals surface area contributed by atoms with E-state index in [1.807, 2.05) is 13.0 Å². The minimum Gasteiger partial charge on any atom is -0.483 e. The Hall–Kier alpha value is -1.55. The molecule has 2 N–H and O–H groups in total. The maximum Gasteiger partial charge on any atom is 0.257 e. The van der Waals surface area contributed by atoms with Crippen LogP contribution in [0.5, 0.6) is 5.75 Å². The Labute approximate surface area is 95.2 Å². The zero-order valence-electron chi connectivity index (χ0n) is 9.56. The molecule has 1 aromatic rings. The molecule has 0 saturated heterocycles. The van der Waals surface area contributed by atoms with Gasteiger partial charge in [0.2, 0.25) is 0 Å². The lowest BCUT2D eigenvalue weighted by Crippen LogP contribution is -2.28. The second kappa shape index (κ2) is 6.12. The Morgan fingerprint density at radius 1 is 1.50 bits per heavy atom. The highest BCUT2D eigenvalue weighted by Gasteiger charge is 2.09. The van der Waals surface area contributed by atoms with E-state index in [1.54, 1.807) is 25.1 Å². The summed E-state index contributed by atoms with van der Waals surface area (Å²) in [4.78, 5) is 11.2. The van der Waals surface area contributed by atoms with Gasteiger partial charge in [-0.1, -0.05) is 18.2 Å². The van der Waals surface area contributed by atoms with Gasteiger partial charge in [0.1, 0.15) is 5.75 Å². The molecule has 0 aromatic heterocycles. The quantitative estimate of drug-likeness (QED) is 0.790. The molecular formula is C12H17NO3. The molecule has 4 heteroatoms. The summed E-state index contributed by atoms with van der Waals surface area (Å²) in [7, 11) is 0. The molecule has 0 heterocycles. The first-order valence-corrected chi connectivity index (χ1v) is 5.31. The highest BCUT2D eigenvalue weighted by atomic mass is 16.5. The molecule has 4 nitrogen and oxygen atoms in total. The summed E-state index contributed by atoms with van der Waals surface area (Å²) in [6, 6.07) is 7.14. The second-order valence-electron chi connectivity index (χ2n) is 3.46. The van der Waals surface area contributed by atoms with Crippen LogP contribution in [0.15, 0.2) is 24.3 Å². The molecular weight excluding hydrogens is 206 g/mol. The molecule has 1 rings (SSSR count). The van der Waals surface area contributed by atoms with Gasteiger partial charge in [-0.15, -0.1) is 0 Å². The van der Waals surface area contributed by atoms with Gasteiger partial charge in [-0.25, -0.2) is 0 Å². The number of nitrogens with one attached hydrogen (secondary N) is 1. The zero-order chi connectivity index (χ0) is 12.0. The summed E-state index contributed by atoms with van der Waals surface area (Å²) >= 11 is 0. The van der Waals surface area contributed by atoms with Crippen molar-refractivity contribution in [2.75, 3.05) is 13.2 Å². The summed E-state index contributed by atoms with van der Waals surface area (Å²) in [5, 5.41) is 12.1. The van der Waals surface area contributed by atoms with Crippen LogP contribution in [0, 0.1) is 0 Å². The number of ether oxygens (including phenoxy) is 1. The minimum absolute atomic E-state index is 0.0302. The molecule has 0 aliphatic rings. The maximum absolute atomic E-state index is 11.2. The van der Waals surface area contributed by atoms with E-state index in [4.69, 9.17) is 4.74 Å². The van der Waals surface area contributed by atoms with Crippen molar-refractivity contribution in [1.29, 1.82) is 0 Å². The SMILES string of the molecule is CCNC(=O)COc1ccccc1[C@@H](C)O. The van der Waals surface area contributed by atoms with Gasteiger partial charge in [-0.3, -0.25) is 4.79 Å². The lowest BCUT2D eigenvalue weighted by Gasteiger charge is -2.12. The number of para-hydroxylation sites is 1. The molecule has 0 aliphatic heterocycles. The van der Waals surface area contributed by atoms with Crippen LogP contribution in [0.2, 0.25) is 0 Å². The number of hydrogen-bond donors (Lipinski definition) is 2. The van der Waals surface area contributed by atoms with Crippen molar-refractivity contribution in [2.24, 2.45) is 0 Å². The van der Waals surface area contributed by atoms with Crippen LogP contribution >= 0.6 is 0 Å². The molecule has 0 spiro atoms. The van der Waals surface area contributed by atoms with Crippen molar-refractivity contribution in [3.63, 3.8) is 0 Å². The lowest BCUT2D eigenvalue weighted by atomic mass is 10.1. The predicted octanol–water partition coefficient (Wildman–Crippen LogP) is 1.25. The number of rotatable bonds is 5. The monoisotopic (exact) mass is 223 g/mol. The van der Waals surface area contributed by atoms with E-state index in [0.29, 0.717) is 17.9 Å². The number of carbonyl (C=O) groups excluding carboxylic acids is 1. The summed E-state index contributed by atoms with van der Waals surface area (Å²) in [6.07, 6.45) is -0.606. The van der Waals surface area contributed by atoms with Gasteiger partial charge in [-0.05, 0) is 19.9 Å². The van der Waals surface area contributed by atoms with Crippen molar-refractivity contribution in [3.8, 4) is 5.75 Å². The zero-order valence-corrected chi connectivity index (χ0v) is 9.56. The van der Waals surface area contributed by atoms with Crippen molar-refractivity contribution < 1.29 is 14.6 Å². The first-order chi connectivity index (χ1) is 7.65. The highest BCUT2D eigenvalue weighted by Crippen LogP contribution is 2.24. The molecule has 0 saturated carbocycles. The van der Waals surface area contributed by atoms with Gasteiger partial charge in [0.25, 0.3) is 5.91 Å². The maximum atomic E-state index is 11.2. The van der Waals surface area contributed by atoms with E-state index in [2.05, 4.69) is 5.32 Å². The van der Waals surface area contributed by atoms with Crippen LogP contribution in [-0.2, 0) is 4.79 Å². The highest BCUT2D eigenvalue weighted by molar-refractivity contribution is 5.77. The fraction of sp³-hybridized carbons (Fsp3) is 0.417. The smallest absolute Gasteiger partial charge is 0.257 e. The average molecular weight is 223 g/mol. The van der Waals surface area contributed by atoms with Gasteiger partial charge in [0.15, 0.2) is 6.61 Å². The summed E-state index contributed by atoms with van der Waals surface area (Å²) in [5.41, 5.74) is 0.687. The van der Waals surface area contributed by atoms with Crippen molar-refractivity contribution in [2.45, 2.75) is 20.0 Å². The van der Waals surface area contributed by atoms with Gasteiger partial charge in [-0.2, -0.15) is 0 Å². The Kier molecular flexibility index (Phi) is 4.79. The number of aliphatic hydroxyl groups excluding tert-OH is 1. The number of likely N-dealkylation sites (N-methyl/N-ethyl adjacent to an activating group) is 1.